The van der Waals surface area contributed by atoms with Gasteiger partial charge in [-0.1, -0.05) is 68.4 Å². The van der Waals surface area contributed by atoms with Crippen molar-refractivity contribution in [3.05, 3.63) is 12.2 Å². The number of hydrogen-bond donors (Lipinski definition) is 1. The van der Waals surface area contributed by atoms with E-state index in [1.54, 1.807) is 0 Å². The summed E-state index contributed by atoms with van der Waals surface area (Å²) in [6, 6.07) is 0. The van der Waals surface area contributed by atoms with Crippen molar-refractivity contribution in [1.29, 1.82) is 0 Å². The Hall–Kier alpha value is 0.430. The van der Waals surface area contributed by atoms with Crippen LogP contribution < -0.4 is 0 Å². The van der Waals surface area contributed by atoms with Crippen LogP contribution in [0, 0.1) is 28.6 Å². The molecule has 3 unspecified atom stereocenters. The van der Waals surface area contributed by atoms with E-state index >= 15 is 0 Å². The van der Waals surface area contributed by atoms with Crippen LogP contribution in [0.1, 0.15) is 72.1 Å². The van der Waals surface area contributed by atoms with Gasteiger partial charge in [-0.15, -0.1) is 0 Å². The Morgan fingerprint density at radius 2 is 1.91 bits per heavy atom. The molecule has 1 N–H and O–H groups in total. The minimum atomic E-state index is -0.0791. The Labute approximate surface area is 150 Å². The normalized spacial score (nSPS) is 52.6. The van der Waals surface area contributed by atoms with Crippen molar-refractivity contribution < 1.29 is 5.11 Å². The van der Waals surface area contributed by atoms with Crippen molar-refractivity contribution in [1.82, 2.24) is 0 Å². The zero-order valence-electron chi connectivity index (χ0n) is 14.6. The Kier molecular flexibility index (Phi) is 4.51. The molecule has 0 aromatic heterocycles. The zero-order chi connectivity index (χ0) is 16.2. The largest absolute Gasteiger partial charge is 0.395 e. The minimum absolute atomic E-state index is 0.0791. The highest BCUT2D eigenvalue weighted by molar-refractivity contribution is 14.1. The quantitative estimate of drug-likeness (QED) is 0.328. The van der Waals surface area contributed by atoms with Crippen molar-refractivity contribution >= 4 is 22.6 Å². The van der Waals surface area contributed by atoms with Crippen molar-refractivity contribution in [2.45, 2.75) is 75.6 Å². The van der Waals surface area contributed by atoms with Crippen LogP contribution in [0.15, 0.2) is 12.2 Å². The Bertz CT molecular complexity index is 461. The molecular weight excluding hydrogens is 383 g/mol. The van der Waals surface area contributed by atoms with E-state index in [0.717, 1.165) is 30.6 Å². The highest BCUT2D eigenvalue weighted by Crippen LogP contribution is 2.65. The molecule has 0 aromatic rings. The molecule has 3 rings (SSSR count). The first kappa shape index (κ1) is 17.3. The lowest BCUT2D eigenvalue weighted by molar-refractivity contribution is -0.101. The number of aliphatic hydroxyl groups excluding tert-OH is 1. The molecule has 0 amide bonds. The lowest BCUT2D eigenvalue weighted by Crippen LogP contribution is -2.51. The van der Waals surface area contributed by atoms with Crippen LogP contribution in [0.3, 0.4) is 0 Å². The van der Waals surface area contributed by atoms with E-state index in [0.29, 0.717) is 10.8 Å². The highest BCUT2D eigenvalue weighted by atomic mass is 127. The summed E-state index contributed by atoms with van der Waals surface area (Å²) in [5.41, 5.74) is 2.22. The molecule has 0 aliphatic heterocycles. The lowest BCUT2D eigenvalue weighted by Gasteiger charge is -2.60. The molecule has 22 heavy (non-hydrogen) atoms. The van der Waals surface area contributed by atoms with Crippen LogP contribution in [0.5, 0.6) is 0 Å². The van der Waals surface area contributed by atoms with Crippen LogP contribution in [-0.2, 0) is 0 Å². The predicted octanol–water partition coefficient (Wildman–Crippen LogP) is 5.75. The second kappa shape index (κ2) is 5.75. The first-order valence-corrected chi connectivity index (χ1v) is 10.3. The molecule has 3 fully saturated rings. The maximum Gasteiger partial charge on any atom is 0.0658 e. The Balaban J connectivity index is 1.96. The molecule has 0 heterocycles. The molecule has 3 aliphatic carbocycles. The van der Waals surface area contributed by atoms with Gasteiger partial charge in [0.2, 0.25) is 0 Å². The van der Waals surface area contributed by atoms with E-state index in [9.17, 15) is 5.11 Å². The third-order valence-corrected chi connectivity index (χ3v) is 9.55. The maximum absolute atomic E-state index is 9.93. The van der Waals surface area contributed by atoms with Gasteiger partial charge in [-0.05, 0) is 67.1 Å². The third-order valence-electron chi connectivity index (χ3n) is 7.90. The fourth-order valence-electron chi connectivity index (χ4n) is 6.62. The molecule has 0 aromatic carbocycles. The fraction of sp³-hybridized carbons (Fsp3) is 0.900. The van der Waals surface area contributed by atoms with E-state index in [4.69, 9.17) is 0 Å². The molecule has 6 atom stereocenters. The van der Waals surface area contributed by atoms with Crippen molar-refractivity contribution in [2.24, 2.45) is 28.6 Å². The van der Waals surface area contributed by atoms with Gasteiger partial charge >= 0.3 is 0 Å². The number of halogens is 1. The minimum Gasteiger partial charge on any atom is -0.395 e. The number of fused-ring (bicyclic) bond motifs is 3. The fourth-order valence-corrected chi connectivity index (χ4v) is 7.12. The Morgan fingerprint density at radius 3 is 2.59 bits per heavy atom. The van der Waals surface area contributed by atoms with Crippen molar-refractivity contribution in [3.63, 3.8) is 0 Å². The summed E-state index contributed by atoms with van der Waals surface area (Å²) >= 11 is 2.49. The van der Waals surface area contributed by atoms with Crippen LogP contribution >= 0.6 is 22.6 Å². The summed E-state index contributed by atoms with van der Waals surface area (Å²) in [5.74, 6) is 2.63. The summed E-state index contributed by atoms with van der Waals surface area (Å²) in [6.07, 6.45) is 10.5. The monoisotopic (exact) mass is 416 g/mol. The number of rotatable bonds is 1. The second-order valence-corrected chi connectivity index (χ2v) is 11.2. The number of aliphatic hydroxyl groups is 1. The molecular formula is C20H33IO. The summed E-state index contributed by atoms with van der Waals surface area (Å²) in [6.45, 7) is 12.3. The topological polar surface area (TPSA) is 20.2 Å². The summed E-state index contributed by atoms with van der Waals surface area (Å²) < 4.78 is -0.0791. The second-order valence-electron chi connectivity index (χ2n) is 9.17. The van der Waals surface area contributed by atoms with Crippen molar-refractivity contribution in [3.8, 4) is 0 Å². The van der Waals surface area contributed by atoms with E-state index < -0.39 is 0 Å². The van der Waals surface area contributed by atoms with Gasteiger partial charge in [-0.25, -0.2) is 0 Å². The SMILES string of the molecule is C=C1C[C@@]2(C)CCC3[C@@H](C)CCCC3(C)C2CC[C@@]1(I)CO. The van der Waals surface area contributed by atoms with Gasteiger partial charge in [-0.2, -0.15) is 0 Å². The Morgan fingerprint density at radius 1 is 1.18 bits per heavy atom. The van der Waals surface area contributed by atoms with Gasteiger partial charge < -0.3 is 5.11 Å². The summed E-state index contributed by atoms with van der Waals surface area (Å²) in [5, 5.41) is 9.93. The molecule has 1 nitrogen and oxygen atoms in total. The molecule has 0 saturated heterocycles. The lowest BCUT2D eigenvalue weighted by atomic mass is 9.45. The summed E-state index contributed by atoms with van der Waals surface area (Å²) in [4.78, 5) is 0. The molecule has 3 saturated carbocycles. The molecule has 126 valence electrons. The average molecular weight is 416 g/mol. The smallest absolute Gasteiger partial charge is 0.0658 e. The molecule has 2 heteroatoms. The maximum atomic E-state index is 9.93. The first-order valence-electron chi connectivity index (χ1n) is 9.23. The standard InChI is InChI=1S/C20H33IO/c1-14-6-5-9-19(4)16(14)7-10-18(3)12-15(2)20(21,13-22)11-8-17(18)19/h14,16-17,22H,2,5-13H2,1,3-4H3/t14-,16?,17?,18+,19?,20+/m0/s1. The van der Waals surface area contributed by atoms with Crippen LogP contribution in [-0.4, -0.2) is 15.1 Å². The summed E-state index contributed by atoms with van der Waals surface area (Å²) in [7, 11) is 0. The van der Waals surface area contributed by atoms with Crippen molar-refractivity contribution in [2.75, 3.05) is 6.61 Å². The molecule has 0 spiro atoms. The van der Waals surface area contributed by atoms with Gasteiger partial charge in [0.15, 0.2) is 0 Å². The van der Waals surface area contributed by atoms with Gasteiger partial charge in [0.05, 0.1) is 10.0 Å². The van der Waals surface area contributed by atoms with E-state index in [-0.39, 0.29) is 10.0 Å². The van der Waals surface area contributed by atoms with E-state index in [1.807, 2.05) is 0 Å². The zero-order valence-corrected chi connectivity index (χ0v) is 16.8. The van der Waals surface area contributed by atoms with Gasteiger partial charge in [0.25, 0.3) is 0 Å². The van der Waals surface area contributed by atoms with Gasteiger partial charge in [-0.3, -0.25) is 0 Å². The van der Waals surface area contributed by atoms with Gasteiger partial charge in [0, 0.05) is 0 Å². The van der Waals surface area contributed by atoms with Gasteiger partial charge in [0.1, 0.15) is 0 Å². The number of hydrogen-bond acceptors (Lipinski definition) is 1. The molecule has 0 radical (unpaired) electrons. The predicted molar refractivity (Wildman–Crippen MR) is 102 cm³/mol. The van der Waals surface area contributed by atoms with E-state index in [2.05, 4.69) is 49.9 Å². The van der Waals surface area contributed by atoms with E-state index in [1.165, 1.54) is 44.1 Å². The molecule has 3 aliphatic rings. The van der Waals surface area contributed by atoms with Crippen LogP contribution in [0.25, 0.3) is 0 Å². The van der Waals surface area contributed by atoms with Crippen LogP contribution in [0.4, 0.5) is 0 Å². The average Bonchev–Trinajstić information content (AvgIpc) is 2.55. The highest BCUT2D eigenvalue weighted by Gasteiger charge is 2.57. The first-order chi connectivity index (χ1) is 10.3. The third kappa shape index (κ3) is 2.51. The van der Waals surface area contributed by atoms with Crippen LogP contribution in [0.2, 0.25) is 0 Å². The molecule has 0 bridgehead atoms. The number of alkyl halides is 1.